The van der Waals surface area contributed by atoms with Crippen molar-refractivity contribution < 1.29 is 25.2 Å². The van der Waals surface area contributed by atoms with Crippen LogP contribution in [0.15, 0.2) is 0 Å². The largest absolute Gasteiger partial charge is 0.490 e. The summed E-state index contributed by atoms with van der Waals surface area (Å²) in [5.74, 6) is 0. The molecule has 5 nitrogen and oxygen atoms in total. The van der Waals surface area contributed by atoms with Crippen molar-refractivity contribution in [2.75, 3.05) is 33.5 Å². The van der Waals surface area contributed by atoms with Crippen LogP contribution in [0.1, 0.15) is 103 Å². The number of unbranched alkanes of at least 4 members (excludes halogenated alkanes) is 13. The van der Waals surface area contributed by atoms with Crippen molar-refractivity contribution in [3.63, 3.8) is 0 Å². The maximum atomic E-state index is 8.50. The Labute approximate surface area is 184 Å². The summed E-state index contributed by atoms with van der Waals surface area (Å²) in [5, 5.41) is 34.8. The second-order valence-electron chi connectivity index (χ2n) is 8.05. The number of thiocarbonyl (C=S) groups is 1. The third kappa shape index (κ3) is 20.8. The Morgan fingerprint density at radius 2 is 0.931 bits per heavy atom. The Morgan fingerprint density at radius 3 is 1.17 bits per heavy atom. The Kier molecular flexibility index (Phi) is 25.6. The fourth-order valence-corrected chi connectivity index (χ4v) is 3.01. The fourth-order valence-electron chi connectivity index (χ4n) is 2.87. The highest BCUT2D eigenvalue weighted by Crippen LogP contribution is 2.13. The lowest BCUT2D eigenvalue weighted by molar-refractivity contribution is -0.0328. The van der Waals surface area contributed by atoms with Gasteiger partial charge in [-0.05, 0) is 18.6 Å². The van der Waals surface area contributed by atoms with E-state index in [1.165, 1.54) is 89.9 Å². The second kappa shape index (κ2) is 24.0. The standard InChI is InChI=1S/C18H36OS.C5H12O4/c1-3-4-5-6-7-8-9-10-11-12-13-14-15-16-17-18(20)19-2;6-1-5(2-7,3-8)4-9/h3-17H2,1-2H3;6-9H,1-4H2. The molecule has 0 atom stereocenters. The number of aliphatic hydroxyl groups excluding tert-OH is 4. The van der Waals surface area contributed by atoms with Crippen molar-refractivity contribution in [3.8, 4) is 0 Å². The molecule has 0 aromatic heterocycles. The molecular weight excluding hydrogens is 388 g/mol. The summed E-state index contributed by atoms with van der Waals surface area (Å²) in [6, 6.07) is 0. The molecule has 0 aromatic rings. The molecule has 0 spiro atoms. The van der Waals surface area contributed by atoms with Gasteiger partial charge in [0.05, 0.1) is 39.0 Å². The highest BCUT2D eigenvalue weighted by atomic mass is 32.1. The molecule has 0 aliphatic rings. The van der Waals surface area contributed by atoms with E-state index in [-0.39, 0.29) is 0 Å². The monoisotopic (exact) mass is 436 g/mol. The van der Waals surface area contributed by atoms with Gasteiger partial charge in [0.1, 0.15) is 0 Å². The Balaban J connectivity index is 0. The van der Waals surface area contributed by atoms with E-state index < -0.39 is 31.8 Å². The molecule has 0 aromatic carbocycles. The van der Waals surface area contributed by atoms with Crippen LogP contribution in [0, 0.1) is 5.41 Å². The first-order valence-electron chi connectivity index (χ1n) is 11.6. The van der Waals surface area contributed by atoms with Gasteiger partial charge in [0.15, 0.2) is 5.05 Å². The van der Waals surface area contributed by atoms with Crippen LogP contribution < -0.4 is 0 Å². The summed E-state index contributed by atoms with van der Waals surface area (Å²) in [5.41, 5.74) is -1.11. The van der Waals surface area contributed by atoms with Crippen LogP contribution in [-0.2, 0) is 4.74 Å². The molecule has 0 amide bonds. The van der Waals surface area contributed by atoms with Crippen molar-refractivity contribution in [1.82, 2.24) is 0 Å². The van der Waals surface area contributed by atoms with Gasteiger partial charge < -0.3 is 25.2 Å². The van der Waals surface area contributed by atoms with Crippen LogP contribution in [0.2, 0.25) is 0 Å². The number of methoxy groups -OCH3 is 1. The van der Waals surface area contributed by atoms with Gasteiger partial charge in [0.25, 0.3) is 0 Å². The molecule has 4 N–H and O–H groups in total. The predicted molar refractivity (Wildman–Crippen MR) is 125 cm³/mol. The van der Waals surface area contributed by atoms with Gasteiger partial charge in [-0.1, -0.05) is 90.4 Å². The third-order valence-corrected chi connectivity index (χ3v) is 5.67. The SMILES string of the molecule is CCCCCCCCCCCCCCCCC(=S)OC.OCC(CO)(CO)CO. The van der Waals surface area contributed by atoms with Crippen LogP contribution in [0.4, 0.5) is 0 Å². The van der Waals surface area contributed by atoms with Crippen LogP contribution in [0.25, 0.3) is 0 Å². The molecule has 0 radical (unpaired) electrons. The van der Waals surface area contributed by atoms with Gasteiger partial charge in [0.2, 0.25) is 0 Å². The minimum atomic E-state index is -1.11. The Morgan fingerprint density at radius 1 is 0.621 bits per heavy atom. The summed E-state index contributed by atoms with van der Waals surface area (Å²) in [7, 11) is 1.67. The summed E-state index contributed by atoms with van der Waals surface area (Å²) in [6.45, 7) is 0.659. The molecule has 29 heavy (non-hydrogen) atoms. The highest BCUT2D eigenvalue weighted by Gasteiger charge is 2.26. The minimum absolute atomic E-state index is 0.406. The predicted octanol–water partition coefficient (Wildman–Crippen LogP) is 4.77. The summed E-state index contributed by atoms with van der Waals surface area (Å²) < 4.78 is 5.00. The molecule has 0 heterocycles. The second-order valence-corrected chi connectivity index (χ2v) is 8.51. The zero-order valence-corrected chi connectivity index (χ0v) is 19.9. The van der Waals surface area contributed by atoms with Gasteiger partial charge in [-0.3, -0.25) is 0 Å². The van der Waals surface area contributed by atoms with Gasteiger partial charge >= 0.3 is 0 Å². The molecule has 0 aliphatic heterocycles. The first kappa shape index (κ1) is 30.9. The van der Waals surface area contributed by atoms with E-state index in [1.54, 1.807) is 7.11 Å². The molecular formula is C23H48O5S. The van der Waals surface area contributed by atoms with Crippen LogP contribution in [-0.4, -0.2) is 59.0 Å². The number of hydrogen-bond acceptors (Lipinski definition) is 6. The smallest absolute Gasteiger partial charge is 0.159 e. The van der Waals surface area contributed by atoms with Gasteiger partial charge in [-0.2, -0.15) is 0 Å². The summed E-state index contributed by atoms with van der Waals surface area (Å²) in [4.78, 5) is 0. The number of hydrogen-bond donors (Lipinski definition) is 4. The first-order chi connectivity index (χ1) is 14.1. The van der Waals surface area contributed by atoms with Crippen molar-refractivity contribution in [3.05, 3.63) is 0 Å². The van der Waals surface area contributed by atoms with E-state index in [9.17, 15) is 0 Å². The van der Waals surface area contributed by atoms with Crippen molar-refractivity contribution in [2.45, 2.75) is 103 Å². The molecule has 0 rings (SSSR count). The number of ether oxygens (including phenoxy) is 1. The van der Waals surface area contributed by atoms with E-state index >= 15 is 0 Å². The molecule has 0 unspecified atom stereocenters. The zero-order chi connectivity index (χ0) is 22.2. The normalized spacial score (nSPS) is 11.1. The maximum Gasteiger partial charge on any atom is 0.159 e. The molecule has 0 aliphatic carbocycles. The van der Waals surface area contributed by atoms with Crippen LogP contribution in [0.5, 0.6) is 0 Å². The molecule has 176 valence electrons. The highest BCUT2D eigenvalue weighted by molar-refractivity contribution is 7.80. The van der Waals surface area contributed by atoms with Crippen LogP contribution >= 0.6 is 12.2 Å². The maximum absolute atomic E-state index is 8.50. The lowest BCUT2D eigenvalue weighted by Gasteiger charge is -2.23. The van der Waals surface area contributed by atoms with Gasteiger partial charge in [-0.25, -0.2) is 0 Å². The van der Waals surface area contributed by atoms with Gasteiger partial charge in [0, 0.05) is 6.42 Å². The van der Waals surface area contributed by atoms with E-state index in [2.05, 4.69) is 6.92 Å². The topological polar surface area (TPSA) is 90.2 Å². The van der Waals surface area contributed by atoms with Crippen molar-refractivity contribution in [1.29, 1.82) is 0 Å². The van der Waals surface area contributed by atoms with E-state index in [1.807, 2.05) is 0 Å². The lowest BCUT2D eigenvalue weighted by Crippen LogP contribution is -2.37. The Hall–Kier alpha value is -0.270. The average Bonchev–Trinajstić information content (AvgIpc) is 2.76. The molecule has 0 saturated carbocycles. The molecule has 6 heteroatoms. The Bertz CT molecular complexity index is 318. The zero-order valence-electron chi connectivity index (χ0n) is 19.0. The first-order valence-corrected chi connectivity index (χ1v) is 12.0. The van der Waals surface area contributed by atoms with E-state index in [0.29, 0.717) is 0 Å². The number of aliphatic hydroxyl groups is 4. The third-order valence-electron chi connectivity index (χ3n) is 5.30. The van der Waals surface area contributed by atoms with Crippen LogP contribution in [0.3, 0.4) is 0 Å². The van der Waals surface area contributed by atoms with Crippen molar-refractivity contribution in [2.24, 2.45) is 5.41 Å². The molecule has 0 saturated heterocycles. The van der Waals surface area contributed by atoms with E-state index in [0.717, 1.165) is 11.5 Å². The minimum Gasteiger partial charge on any atom is -0.490 e. The van der Waals surface area contributed by atoms with E-state index in [4.69, 9.17) is 37.4 Å². The fraction of sp³-hybridized carbons (Fsp3) is 0.957. The molecule has 0 fully saturated rings. The number of rotatable bonds is 19. The summed E-state index contributed by atoms with van der Waals surface area (Å²) >= 11 is 5.03. The van der Waals surface area contributed by atoms with Gasteiger partial charge in [-0.15, -0.1) is 0 Å². The summed E-state index contributed by atoms with van der Waals surface area (Å²) in [6.07, 6.45) is 20.6. The average molecular weight is 437 g/mol. The molecule has 0 bridgehead atoms. The van der Waals surface area contributed by atoms with Crippen molar-refractivity contribution >= 4 is 17.3 Å². The lowest BCUT2D eigenvalue weighted by atomic mass is 9.93. The quantitative estimate of drug-likeness (QED) is 0.172.